The Labute approximate surface area is 198 Å². The molecule has 5 rings (SSSR count). The van der Waals surface area contributed by atoms with Crippen LogP contribution in [0.15, 0.2) is 42.9 Å². The first-order valence-corrected chi connectivity index (χ1v) is 11.4. The molecule has 3 aromatic heterocycles. The smallest absolute Gasteiger partial charge is 0.238 e. The summed E-state index contributed by atoms with van der Waals surface area (Å²) >= 11 is 0. The van der Waals surface area contributed by atoms with Gasteiger partial charge in [0.2, 0.25) is 11.9 Å². The number of nitrogens with zero attached hydrogens (tertiary/aromatic N) is 6. The third kappa shape index (κ3) is 4.63. The summed E-state index contributed by atoms with van der Waals surface area (Å²) < 4.78 is 1.75. The number of carbonyl (C=O) groups is 1. The molecule has 4 aromatic rings. The Morgan fingerprint density at radius 2 is 1.94 bits per heavy atom. The number of H-pyrrole nitrogens is 1. The van der Waals surface area contributed by atoms with Crippen LogP contribution >= 0.6 is 0 Å². The van der Waals surface area contributed by atoms with Gasteiger partial charge in [-0.15, -0.1) is 0 Å². The predicted molar refractivity (Wildman–Crippen MR) is 133 cm³/mol. The number of amides is 1. The van der Waals surface area contributed by atoms with Gasteiger partial charge in [-0.05, 0) is 26.1 Å². The predicted octanol–water partition coefficient (Wildman–Crippen LogP) is 2.60. The van der Waals surface area contributed by atoms with Crippen molar-refractivity contribution in [1.82, 2.24) is 34.5 Å². The second kappa shape index (κ2) is 9.24. The van der Waals surface area contributed by atoms with Gasteiger partial charge in [0.15, 0.2) is 0 Å². The maximum atomic E-state index is 12.7. The van der Waals surface area contributed by atoms with Crippen LogP contribution < -0.4 is 10.6 Å². The lowest BCUT2D eigenvalue weighted by atomic mass is 10.1. The summed E-state index contributed by atoms with van der Waals surface area (Å²) in [6.45, 7) is 6.11. The van der Waals surface area contributed by atoms with Gasteiger partial charge in [0.25, 0.3) is 0 Å². The highest BCUT2D eigenvalue weighted by atomic mass is 16.2. The monoisotopic (exact) mass is 459 g/mol. The fourth-order valence-electron chi connectivity index (χ4n) is 4.28. The second-order valence-electron chi connectivity index (χ2n) is 8.75. The molecule has 0 unspecified atom stereocenters. The van der Waals surface area contributed by atoms with Gasteiger partial charge < -0.3 is 20.5 Å². The van der Waals surface area contributed by atoms with E-state index >= 15 is 0 Å². The maximum absolute atomic E-state index is 12.7. The number of para-hydroxylation sites is 1. The number of aryl methyl sites for hydroxylation is 2. The van der Waals surface area contributed by atoms with E-state index in [0.29, 0.717) is 12.5 Å². The molecule has 1 saturated heterocycles. The van der Waals surface area contributed by atoms with Crippen molar-refractivity contribution in [2.24, 2.45) is 7.05 Å². The molecule has 0 radical (unpaired) electrons. The van der Waals surface area contributed by atoms with Crippen molar-refractivity contribution in [3.63, 3.8) is 0 Å². The molecular weight excluding hydrogens is 430 g/mol. The quantitative estimate of drug-likeness (QED) is 0.407. The van der Waals surface area contributed by atoms with Crippen LogP contribution in [0.1, 0.15) is 5.69 Å². The zero-order valence-electron chi connectivity index (χ0n) is 19.7. The number of aromatic amines is 1. The van der Waals surface area contributed by atoms with E-state index in [1.807, 2.05) is 50.6 Å². The third-order valence-electron chi connectivity index (χ3n) is 6.14. The number of likely N-dealkylation sites (N-methyl/N-ethyl adjacent to an activating group) is 1. The molecule has 1 aliphatic heterocycles. The summed E-state index contributed by atoms with van der Waals surface area (Å²) in [5.74, 6) is 0.494. The standard InChI is InChI=1S/C24H29N9O/c1-16-21(14-32(3)30-16)29-24-25-8-7-19(28-24)18-13-26-23-17(18)5-4-6-20(23)27-22(34)15-33-11-9-31(2)10-12-33/h4-8,13-14,26H,9-12,15H2,1-3H3,(H,27,34)(H,25,28,29). The van der Waals surface area contributed by atoms with E-state index in [4.69, 9.17) is 4.98 Å². The van der Waals surface area contributed by atoms with Gasteiger partial charge in [0, 0.05) is 62.8 Å². The number of hydrogen-bond donors (Lipinski definition) is 3. The van der Waals surface area contributed by atoms with E-state index in [0.717, 1.165) is 65.4 Å². The van der Waals surface area contributed by atoms with E-state index in [-0.39, 0.29) is 5.91 Å². The molecule has 4 heterocycles. The zero-order valence-corrected chi connectivity index (χ0v) is 19.7. The third-order valence-corrected chi connectivity index (χ3v) is 6.14. The van der Waals surface area contributed by atoms with E-state index in [9.17, 15) is 4.79 Å². The molecule has 0 saturated carbocycles. The Kier molecular flexibility index (Phi) is 5.99. The summed E-state index contributed by atoms with van der Waals surface area (Å²) in [7, 11) is 3.99. The Balaban J connectivity index is 1.35. The Morgan fingerprint density at radius 1 is 1.12 bits per heavy atom. The first-order valence-electron chi connectivity index (χ1n) is 11.4. The molecule has 1 fully saturated rings. The summed E-state index contributed by atoms with van der Waals surface area (Å²) in [5.41, 5.74) is 5.11. The van der Waals surface area contributed by atoms with Crippen molar-refractivity contribution < 1.29 is 4.79 Å². The van der Waals surface area contributed by atoms with Crippen molar-refractivity contribution in [3.8, 4) is 11.3 Å². The molecule has 0 spiro atoms. The average molecular weight is 460 g/mol. The number of rotatable bonds is 6. The largest absolute Gasteiger partial charge is 0.359 e. The van der Waals surface area contributed by atoms with Crippen LogP contribution in [0.4, 0.5) is 17.3 Å². The molecular formula is C24H29N9O. The molecule has 176 valence electrons. The Hall–Kier alpha value is -3.76. The summed E-state index contributed by atoms with van der Waals surface area (Å²) in [4.78, 5) is 29.6. The molecule has 1 aliphatic rings. The summed E-state index contributed by atoms with van der Waals surface area (Å²) in [6, 6.07) is 7.77. The number of fused-ring (bicyclic) bond motifs is 1. The Morgan fingerprint density at radius 3 is 2.71 bits per heavy atom. The fourth-order valence-corrected chi connectivity index (χ4v) is 4.28. The van der Waals surface area contributed by atoms with Gasteiger partial charge in [0.1, 0.15) is 0 Å². The van der Waals surface area contributed by atoms with E-state index in [1.165, 1.54) is 0 Å². The lowest BCUT2D eigenvalue weighted by molar-refractivity contribution is -0.117. The number of hydrogen-bond acceptors (Lipinski definition) is 7. The number of benzene rings is 1. The molecule has 0 bridgehead atoms. The van der Waals surface area contributed by atoms with Gasteiger partial charge in [-0.3, -0.25) is 14.4 Å². The number of piperazine rings is 1. The molecule has 10 heteroatoms. The summed E-state index contributed by atoms with van der Waals surface area (Å²) in [5, 5.41) is 11.7. The number of nitrogens with one attached hydrogen (secondary N) is 3. The minimum atomic E-state index is -0.00596. The van der Waals surface area contributed by atoms with Gasteiger partial charge in [-0.2, -0.15) is 5.10 Å². The Bertz CT molecular complexity index is 1320. The van der Waals surface area contributed by atoms with Crippen LogP contribution in [0.5, 0.6) is 0 Å². The van der Waals surface area contributed by atoms with Gasteiger partial charge in [-0.1, -0.05) is 12.1 Å². The molecule has 1 aromatic carbocycles. The summed E-state index contributed by atoms with van der Waals surface area (Å²) in [6.07, 6.45) is 5.55. The number of anilines is 3. The second-order valence-corrected chi connectivity index (χ2v) is 8.75. The van der Waals surface area contributed by atoms with Crippen LogP contribution in [0.25, 0.3) is 22.2 Å². The number of aromatic nitrogens is 5. The minimum absolute atomic E-state index is 0.00596. The highest BCUT2D eigenvalue weighted by Gasteiger charge is 2.18. The maximum Gasteiger partial charge on any atom is 0.238 e. The van der Waals surface area contributed by atoms with E-state index in [2.05, 4.69) is 42.5 Å². The van der Waals surface area contributed by atoms with Crippen LogP contribution in [0.2, 0.25) is 0 Å². The highest BCUT2D eigenvalue weighted by molar-refractivity contribution is 6.05. The van der Waals surface area contributed by atoms with Gasteiger partial charge >= 0.3 is 0 Å². The lowest BCUT2D eigenvalue weighted by Gasteiger charge is -2.31. The molecule has 10 nitrogen and oxygen atoms in total. The normalized spacial score (nSPS) is 15.0. The first kappa shape index (κ1) is 22.1. The minimum Gasteiger partial charge on any atom is -0.359 e. The molecule has 0 aliphatic carbocycles. The highest BCUT2D eigenvalue weighted by Crippen LogP contribution is 2.32. The average Bonchev–Trinajstić information content (AvgIpc) is 3.39. The van der Waals surface area contributed by atoms with E-state index in [1.54, 1.807) is 10.9 Å². The number of carbonyl (C=O) groups excluding carboxylic acids is 1. The van der Waals surface area contributed by atoms with Crippen LogP contribution in [0, 0.1) is 6.92 Å². The molecule has 1 amide bonds. The van der Waals surface area contributed by atoms with Crippen LogP contribution in [0.3, 0.4) is 0 Å². The molecule has 34 heavy (non-hydrogen) atoms. The van der Waals surface area contributed by atoms with Crippen molar-refractivity contribution in [1.29, 1.82) is 0 Å². The van der Waals surface area contributed by atoms with Crippen LogP contribution in [-0.4, -0.2) is 80.2 Å². The fraction of sp³-hybridized carbons (Fsp3) is 0.333. The van der Waals surface area contributed by atoms with Gasteiger partial charge in [0.05, 0.1) is 34.8 Å². The first-order chi connectivity index (χ1) is 16.5. The van der Waals surface area contributed by atoms with Crippen molar-refractivity contribution in [2.45, 2.75) is 6.92 Å². The molecule has 0 atom stereocenters. The van der Waals surface area contributed by atoms with Crippen molar-refractivity contribution in [3.05, 3.63) is 48.5 Å². The SMILES string of the molecule is Cc1nn(C)cc1Nc1nccc(-c2c[nH]c3c(NC(=O)CN4CCN(C)CC4)cccc23)n1. The lowest BCUT2D eigenvalue weighted by Crippen LogP contribution is -2.47. The molecule has 3 N–H and O–H groups in total. The topological polar surface area (TPSA) is 107 Å². The van der Waals surface area contributed by atoms with Crippen LogP contribution in [-0.2, 0) is 11.8 Å². The zero-order chi connectivity index (χ0) is 23.7. The van der Waals surface area contributed by atoms with Gasteiger partial charge in [-0.25, -0.2) is 9.97 Å². The van der Waals surface area contributed by atoms with Crippen molar-refractivity contribution >= 4 is 34.1 Å². The van der Waals surface area contributed by atoms with E-state index < -0.39 is 0 Å². The van der Waals surface area contributed by atoms with Crippen molar-refractivity contribution in [2.75, 3.05) is 50.4 Å².